The summed E-state index contributed by atoms with van der Waals surface area (Å²) in [5.74, 6) is -0.494. The van der Waals surface area contributed by atoms with E-state index < -0.39 is 5.79 Å². The van der Waals surface area contributed by atoms with Gasteiger partial charge < -0.3 is 14.2 Å². The van der Waals surface area contributed by atoms with Crippen LogP contribution in [0.4, 0.5) is 0 Å². The molecule has 3 nitrogen and oxygen atoms in total. The van der Waals surface area contributed by atoms with Crippen LogP contribution < -0.4 is 0 Å². The average Bonchev–Trinajstić information content (AvgIpc) is 2.47. The molecule has 1 saturated heterocycles. The van der Waals surface area contributed by atoms with Crippen LogP contribution in [0.25, 0.3) is 0 Å². The molecule has 1 heterocycles. The number of rotatable bonds is 4. The molecule has 0 N–H and O–H groups in total. The van der Waals surface area contributed by atoms with Gasteiger partial charge in [0.2, 0.25) is 0 Å². The maximum absolute atomic E-state index is 5.76. The van der Waals surface area contributed by atoms with Crippen molar-refractivity contribution >= 4 is 0 Å². The SMILES string of the molecule is C=CCC(C)(OC)[C@H]1COC(C)(C)O1. The van der Waals surface area contributed by atoms with Crippen molar-refractivity contribution < 1.29 is 14.2 Å². The summed E-state index contributed by atoms with van der Waals surface area (Å²) in [5, 5.41) is 0. The van der Waals surface area contributed by atoms with Gasteiger partial charge in [0.25, 0.3) is 0 Å². The molecule has 0 aromatic carbocycles. The highest BCUT2D eigenvalue weighted by Gasteiger charge is 2.43. The summed E-state index contributed by atoms with van der Waals surface area (Å²) in [6, 6.07) is 0. The van der Waals surface area contributed by atoms with Gasteiger partial charge in [0.05, 0.1) is 12.2 Å². The van der Waals surface area contributed by atoms with Crippen LogP contribution in [0, 0.1) is 0 Å². The van der Waals surface area contributed by atoms with Gasteiger partial charge in [0.15, 0.2) is 5.79 Å². The summed E-state index contributed by atoms with van der Waals surface area (Å²) in [7, 11) is 1.69. The largest absolute Gasteiger partial charge is 0.375 e. The Morgan fingerprint density at radius 1 is 1.64 bits per heavy atom. The van der Waals surface area contributed by atoms with Crippen LogP contribution in [-0.4, -0.2) is 31.2 Å². The molecular weight excluding hydrogens is 180 g/mol. The lowest BCUT2D eigenvalue weighted by atomic mass is 9.95. The third-order valence-electron chi connectivity index (χ3n) is 2.71. The van der Waals surface area contributed by atoms with Crippen LogP contribution in [0.3, 0.4) is 0 Å². The summed E-state index contributed by atoms with van der Waals surface area (Å²) in [4.78, 5) is 0. The number of ether oxygens (including phenoxy) is 3. The maximum atomic E-state index is 5.76. The molecule has 1 aliphatic rings. The standard InChI is InChI=1S/C11H20O3/c1-6-7-11(4,12-5)9-8-13-10(2,3)14-9/h6,9H,1,7-8H2,2-5H3/t9-,11?/m1/s1. The number of hydrogen-bond donors (Lipinski definition) is 0. The second-order valence-electron chi connectivity index (χ2n) is 4.33. The Morgan fingerprint density at radius 2 is 2.29 bits per heavy atom. The van der Waals surface area contributed by atoms with Gasteiger partial charge in [0.1, 0.15) is 6.10 Å². The van der Waals surface area contributed by atoms with Crippen LogP contribution in [-0.2, 0) is 14.2 Å². The zero-order valence-corrected chi connectivity index (χ0v) is 9.50. The normalized spacial score (nSPS) is 29.9. The highest BCUT2D eigenvalue weighted by molar-refractivity contribution is 4.94. The third kappa shape index (κ3) is 2.35. The topological polar surface area (TPSA) is 27.7 Å². The predicted octanol–water partition coefficient (Wildman–Crippen LogP) is 2.12. The first-order valence-electron chi connectivity index (χ1n) is 4.91. The van der Waals surface area contributed by atoms with Crippen LogP contribution in [0.2, 0.25) is 0 Å². The van der Waals surface area contributed by atoms with Crippen molar-refractivity contribution in [2.24, 2.45) is 0 Å². The van der Waals surface area contributed by atoms with E-state index in [4.69, 9.17) is 14.2 Å². The Hall–Kier alpha value is -0.380. The third-order valence-corrected chi connectivity index (χ3v) is 2.71. The van der Waals surface area contributed by atoms with Gasteiger partial charge in [-0.25, -0.2) is 0 Å². The van der Waals surface area contributed by atoms with Crippen molar-refractivity contribution in [1.29, 1.82) is 0 Å². The quantitative estimate of drug-likeness (QED) is 0.651. The molecule has 0 saturated carbocycles. The summed E-state index contributed by atoms with van der Waals surface area (Å²) in [6.07, 6.45) is 2.58. The van der Waals surface area contributed by atoms with Gasteiger partial charge in [-0.15, -0.1) is 6.58 Å². The van der Waals surface area contributed by atoms with Crippen molar-refractivity contribution in [3.05, 3.63) is 12.7 Å². The molecule has 0 radical (unpaired) electrons. The molecule has 1 rings (SSSR count). The van der Waals surface area contributed by atoms with Gasteiger partial charge in [-0.3, -0.25) is 0 Å². The fraction of sp³-hybridized carbons (Fsp3) is 0.818. The van der Waals surface area contributed by atoms with Crippen LogP contribution >= 0.6 is 0 Å². The molecular formula is C11H20O3. The van der Waals surface area contributed by atoms with Gasteiger partial charge in [-0.2, -0.15) is 0 Å². The van der Waals surface area contributed by atoms with E-state index in [-0.39, 0.29) is 11.7 Å². The first-order valence-corrected chi connectivity index (χ1v) is 4.91. The molecule has 82 valence electrons. The molecule has 14 heavy (non-hydrogen) atoms. The summed E-state index contributed by atoms with van der Waals surface area (Å²) >= 11 is 0. The van der Waals surface area contributed by atoms with Crippen molar-refractivity contribution in [1.82, 2.24) is 0 Å². The first-order chi connectivity index (χ1) is 6.43. The lowest BCUT2D eigenvalue weighted by Crippen LogP contribution is -2.43. The van der Waals surface area contributed by atoms with Crippen molar-refractivity contribution in [2.45, 2.75) is 44.7 Å². The molecule has 0 aromatic heterocycles. The van der Waals surface area contributed by atoms with Gasteiger partial charge in [0, 0.05) is 7.11 Å². The second kappa shape index (κ2) is 4.01. The number of methoxy groups -OCH3 is 1. The van der Waals surface area contributed by atoms with E-state index in [0.29, 0.717) is 6.61 Å². The van der Waals surface area contributed by atoms with Crippen molar-refractivity contribution in [2.75, 3.05) is 13.7 Å². The minimum Gasteiger partial charge on any atom is -0.375 e. The summed E-state index contributed by atoms with van der Waals surface area (Å²) in [5.41, 5.74) is -0.338. The van der Waals surface area contributed by atoms with Crippen molar-refractivity contribution in [3.63, 3.8) is 0 Å². The fourth-order valence-electron chi connectivity index (χ4n) is 1.62. The molecule has 0 bridgehead atoms. The monoisotopic (exact) mass is 200 g/mol. The lowest BCUT2D eigenvalue weighted by Gasteiger charge is -2.32. The Morgan fingerprint density at radius 3 is 2.64 bits per heavy atom. The average molecular weight is 200 g/mol. The first kappa shape index (κ1) is 11.7. The molecule has 0 amide bonds. The molecule has 0 aliphatic carbocycles. The highest BCUT2D eigenvalue weighted by Crippen LogP contribution is 2.32. The van der Waals surface area contributed by atoms with Crippen LogP contribution in [0.1, 0.15) is 27.2 Å². The van der Waals surface area contributed by atoms with Crippen LogP contribution in [0.15, 0.2) is 12.7 Å². The van der Waals surface area contributed by atoms with Gasteiger partial charge in [-0.1, -0.05) is 6.08 Å². The Balaban J connectivity index is 2.67. The summed E-state index contributed by atoms with van der Waals surface area (Å²) in [6.45, 7) is 10.1. The smallest absolute Gasteiger partial charge is 0.163 e. The van der Waals surface area contributed by atoms with E-state index in [0.717, 1.165) is 6.42 Å². The predicted molar refractivity (Wildman–Crippen MR) is 55.1 cm³/mol. The van der Waals surface area contributed by atoms with E-state index >= 15 is 0 Å². The van der Waals surface area contributed by atoms with E-state index in [2.05, 4.69) is 6.58 Å². The lowest BCUT2D eigenvalue weighted by molar-refractivity contribution is -0.172. The van der Waals surface area contributed by atoms with E-state index in [1.807, 2.05) is 26.8 Å². The second-order valence-corrected chi connectivity index (χ2v) is 4.33. The molecule has 0 spiro atoms. The minimum atomic E-state index is -0.494. The highest BCUT2D eigenvalue weighted by atomic mass is 16.7. The fourth-order valence-corrected chi connectivity index (χ4v) is 1.62. The molecule has 3 heteroatoms. The zero-order chi connectivity index (χ0) is 10.8. The Bertz CT molecular complexity index is 213. The Kier molecular flexibility index (Phi) is 3.35. The van der Waals surface area contributed by atoms with Gasteiger partial charge >= 0.3 is 0 Å². The molecule has 2 atom stereocenters. The zero-order valence-electron chi connectivity index (χ0n) is 9.50. The summed E-state index contributed by atoms with van der Waals surface area (Å²) < 4.78 is 16.8. The molecule has 1 unspecified atom stereocenters. The molecule has 1 aliphatic heterocycles. The van der Waals surface area contributed by atoms with E-state index in [1.54, 1.807) is 7.11 Å². The van der Waals surface area contributed by atoms with Crippen LogP contribution in [0.5, 0.6) is 0 Å². The Labute approximate surface area is 86.0 Å². The number of hydrogen-bond acceptors (Lipinski definition) is 3. The van der Waals surface area contributed by atoms with Crippen molar-refractivity contribution in [3.8, 4) is 0 Å². The minimum absolute atomic E-state index is 0.0273. The molecule has 0 aromatic rings. The molecule has 1 fully saturated rings. The maximum Gasteiger partial charge on any atom is 0.163 e. The van der Waals surface area contributed by atoms with E-state index in [9.17, 15) is 0 Å². The van der Waals surface area contributed by atoms with E-state index in [1.165, 1.54) is 0 Å². The van der Waals surface area contributed by atoms with Gasteiger partial charge in [-0.05, 0) is 27.2 Å².